The number of sulfonamides is 1. The van der Waals surface area contributed by atoms with Gasteiger partial charge in [-0.05, 0) is 37.0 Å². The third-order valence-corrected chi connectivity index (χ3v) is 6.24. The molecule has 0 radical (unpaired) electrons. The number of hydrogen-bond acceptors (Lipinski definition) is 3. The Morgan fingerprint density at radius 2 is 2.10 bits per heavy atom. The van der Waals surface area contributed by atoms with Crippen LogP contribution >= 0.6 is 11.6 Å². The van der Waals surface area contributed by atoms with E-state index in [0.717, 1.165) is 5.56 Å². The lowest BCUT2D eigenvalue weighted by Crippen LogP contribution is -2.44. The predicted octanol–water partition coefficient (Wildman–Crippen LogP) is 2.38. The fourth-order valence-electron chi connectivity index (χ4n) is 2.64. The first kappa shape index (κ1) is 16.3. The van der Waals surface area contributed by atoms with Gasteiger partial charge < -0.3 is 5.11 Å². The van der Waals surface area contributed by atoms with Crippen LogP contribution in [-0.2, 0) is 14.8 Å². The van der Waals surface area contributed by atoms with Crippen LogP contribution in [-0.4, -0.2) is 36.9 Å². The molecule has 2 unspecified atom stereocenters. The van der Waals surface area contributed by atoms with Gasteiger partial charge in [0.15, 0.2) is 0 Å². The maximum absolute atomic E-state index is 12.7. The monoisotopic (exact) mass is 331 g/mol. The van der Waals surface area contributed by atoms with Crippen LogP contribution in [0.1, 0.15) is 18.9 Å². The molecule has 0 bridgehead atoms. The highest BCUT2D eigenvalue weighted by Gasteiger charge is 2.37. The number of carboxylic acid groups (broad SMARTS) is 1. The summed E-state index contributed by atoms with van der Waals surface area (Å²) < 4.78 is 26.7. The van der Waals surface area contributed by atoms with Gasteiger partial charge in [-0.2, -0.15) is 4.31 Å². The summed E-state index contributed by atoms with van der Waals surface area (Å²) in [6.07, 6.45) is 0.319. The summed E-state index contributed by atoms with van der Waals surface area (Å²) in [4.78, 5) is 11.2. The molecule has 5 nitrogen and oxygen atoms in total. The quantitative estimate of drug-likeness (QED) is 0.922. The second-order valence-corrected chi connectivity index (χ2v) is 7.82. The van der Waals surface area contributed by atoms with Crippen molar-refractivity contribution in [3.63, 3.8) is 0 Å². The van der Waals surface area contributed by atoms with E-state index in [1.807, 2.05) is 0 Å². The highest BCUT2D eigenvalue weighted by atomic mass is 35.5. The van der Waals surface area contributed by atoms with Gasteiger partial charge in [-0.25, -0.2) is 8.42 Å². The van der Waals surface area contributed by atoms with Gasteiger partial charge in [0.05, 0.1) is 10.9 Å². The van der Waals surface area contributed by atoms with Gasteiger partial charge in [-0.3, -0.25) is 4.79 Å². The third-order valence-electron chi connectivity index (χ3n) is 3.89. The van der Waals surface area contributed by atoms with E-state index in [2.05, 4.69) is 0 Å². The summed E-state index contributed by atoms with van der Waals surface area (Å²) in [7, 11) is -3.69. The smallest absolute Gasteiger partial charge is 0.306 e. The van der Waals surface area contributed by atoms with Crippen molar-refractivity contribution in [1.82, 2.24) is 4.31 Å². The molecular weight excluding hydrogens is 314 g/mol. The van der Waals surface area contributed by atoms with Gasteiger partial charge in [0.25, 0.3) is 0 Å². The second kappa shape index (κ2) is 5.94. The van der Waals surface area contributed by atoms with Gasteiger partial charge in [0.2, 0.25) is 10.0 Å². The van der Waals surface area contributed by atoms with Crippen molar-refractivity contribution in [2.75, 3.05) is 13.1 Å². The van der Waals surface area contributed by atoms with Gasteiger partial charge in [-0.1, -0.05) is 24.6 Å². The summed E-state index contributed by atoms with van der Waals surface area (Å²) in [5, 5.41) is 9.29. The molecule has 0 aromatic heterocycles. The molecule has 1 aliphatic heterocycles. The average Bonchev–Trinajstić information content (AvgIpc) is 2.40. The minimum atomic E-state index is -3.69. The van der Waals surface area contributed by atoms with Crippen molar-refractivity contribution in [3.8, 4) is 0 Å². The number of halogens is 1. The molecule has 2 atom stereocenters. The van der Waals surface area contributed by atoms with Crippen molar-refractivity contribution in [1.29, 1.82) is 0 Å². The number of nitrogens with zero attached hydrogens (tertiary/aromatic N) is 1. The topological polar surface area (TPSA) is 74.7 Å². The molecule has 1 aromatic rings. The summed E-state index contributed by atoms with van der Waals surface area (Å²) in [5.41, 5.74) is 0.812. The molecule has 1 N–H and O–H groups in total. The van der Waals surface area contributed by atoms with Gasteiger partial charge in [-0.15, -0.1) is 0 Å². The van der Waals surface area contributed by atoms with E-state index in [1.54, 1.807) is 32.0 Å². The molecule has 0 aliphatic carbocycles. The Balaban J connectivity index is 2.29. The predicted molar refractivity (Wildman–Crippen MR) is 79.9 cm³/mol. The van der Waals surface area contributed by atoms with Crippen LogP contribution in [0.4, 0.5) is 0 Å². The van der Waals surface area contributed by atoms with Crippen molar-refractivity contribution < 1.29 is 18.3 Å². The third kappa shape index (κ3) is 3.22. The first-order chi connectivity index (χ1) is 9.73. The Kier molecular flexibility index (Phi) is 4.60. The average molecular weight is 332 g/mol. The van der Waals surface area contributed by atoms with Gasteiger partial charge in [0.1, 0.15) is 4.90 Å². The number of carboxylic acids is 1. The molecule has 21 heavy (non-hydrogen) atoms. The zero-order chi connectivity index (χ0) is 15.8. The molecule has 1 saturated heterocycles. The zero-order valence-electron chi connectivity index (χ0n) is 11.9. The number of carbonyl (C=O) groups is 1. The number of piperidine rings is 1. The van der Waals surface area contributed by atoms with E-state index >= 15 is 0 Å². The fraction of sp³-hybridized carbons (Fsp3) is 0.500. The van der Waals surface area contributed by atoms with Crippen molar-refractivity contribution in [2.24, 2.45) is 11.8 Å². The SMILES string of the molecule is Cc1ccc(Cl)c(S(=O)(=O)N2CCC(C(=O)O)C(C)C2)c1. The maximum Gasteiger partial charge on any atom is 0.306 e. The Labute approximate surface area is 129 Å². The zero-order valence-corrected chi connectivity index (χ0v) is 13.5. The number of benzene rings is 1. The normalized spacial score (nSPS) is 24.0. The van der Waals surface area contributed by atoms with E-state index in [0.29, 0.717) is 6.42 Å². The Morgan fingerprint density at radius 3 is 2.67 bits per heavy atom. The summed E-state index contributed by atoms with van der Waals surface area (Å²) >= 11 is 6.02. The van der Waals surface area contributed by atoms with Crippen LogP contribution in [0.3, 0.4) is 0 Å². The standard InChI is InChI=1S/C14H18ClNO4S/c1-9-3-4-12(15)13(7-9)21(19,20)16-6-5-11(14(17)18)10(2)8-16/h3-4,7,10-11H,5-6,8H2,1-2H3,(H,17,18). The lowest BCUT2D eigenvalue weighted by atomic mass is 9.88. The van der Waals surface area contributed by atoms with Crippen molar-refractivity contribution in [3.05, 3.63) is 28.8 Å². The van der Waals surface area contributed by atoms with Crippen LogP contribution in [0.15, 0.2) is 23.1 Å². The molecule has 0 saturated carbocycles. The van der Waals surface area contributed by atoms with Crippen molar-refractivity contribution >= 4 is 27.6 Å². The first-order valence-corrected chi connectivity index (χ1v) is 8.54. The molecule has 7 heteroatoms. The largest absolute Gasteiger partial charge is 0.481 e. The van der Waals surface area contributed by atoms with E-state index in [1.165, 1.54) is 4.31 Å². The second-order valence-electron chi connectivity index (χ2n) is 5.51. The van der Waals surface area contributed by atoms with Crippen LogP contribution in [0, 0.1) is 18.8 Å². The van der Waals surface area contributed by atoms with E-state index in [9.17, 15) is 13.2 Å². The molecule has 1 aliphatic rings. The van der Waals surface area contributed by atoms with Crippen molar-refractivity contribution in [2.45, 2.75) is 25.2 Å². The molecule has 1 fully saturated rings. The Morgan fingerprint density at radius 1 is 1.43 bits per heavy atom. The van der Waals surface area contributed by atoms with Crippen LogP contribution in [0.25, 0.3) is 0 Å². The number of aryl methyl sites for hydroxylation is 1. The highest BCUT2D eigenvalue weighted by molar-refractivity contribution is 7.89. The lowest BCUT2D eigenvalue weighted by molar-refractivity contribution is -0.144. The lowest BCUT2D eigenvalue weighted by Gasteiger charge is -2.34. The number of hydrogen-bond donors (Lipinski definition) is 1. The maximum atomic E-state index is 12.7. The molecule has 1 aromatic carbocycles. The van der Waals surface area contributed by atoms with Gasteiger partial charge >= 0.3 is 5.97 Å². The van der Waals surface area contributed by atoms with Gasteiger partial charge in [0, 0.05) is 13.1 Å². The van der Waals surface area contributed by atoms with E-state index < -0.39 is 21.9 Å². The van der Waals surface area contributed by atoms with Crippen LogP contribution < -0.4 is 0 Å². The number of aliphatic carboxylic acids is 1. The molecule has 116 valence electrons. The Hall–Kier alpha value is -1.11. The summed E-state index contributed by atoms with van der Waals surface area (Å²) in [6.45, 7) is 3.96. The van der Waals surface area contributed by atoms with Crippen LogP contribution in [0.5, 0.6) is 0 Å². The Bertz CT molecular complexity index is 659. The molecule has 2 rings (SSSR count). The van der Waals surface area contributed by atoms with Crippen LogP contribution in [0.2, 0.25) is 5.02 Å². The summed E-state index contributed by atoms with van der Waals surface area (Å²) in [5.74, 6) is -1.59. The molecule has 1 heterocycles. The molecule has 0 amide bonds. The highest BCUT2D eigenvalue weighted by Crippen LogP contribution is 2.31. The number of rotatable bonds is 3. The fourth-order valence-corrected chi connectivity index (χ4v) is 4.75. The van der Waals surface area contributed by atoms with E-state index in [-0.39, 0.29) is 28.9 Å². The first-order valence-electron chi connectivity index (χ1n) is 6.72. The minimum absolute atomic E-state index is 0.0881. The molecule has 0 spiro atoms. The molecular formula is C14H18ClNO4S. The minimum Gasteiger partial charge on any atom is -0.481 e. The summed E-state index contributed by atoms with van der Waals surface area (Å²) in [6, 6.07) is 4.86. The van der Waals surface area contributed by atoms with E-state index in [4.69, 9.17) is 16.7 Å².